The van der Waals surface area contributed by atoms with Crippen LogP contribution in [-0.4, -0.2) is 17.1 Å². The maximum atomic E-state index is 6.35. The second-order valence-electron chi connectivity index (χ2n) is 6.74. The third-order valence-electron chi connectivity index (χ3n) is 3.20. The lowest BCUT2D eigenvalue weighted by molar-refractivity contribution is 0.334. The summed E-state index contributed by atoms with van der Waals surface area (Å²) in [6.45, 7) is 12.4. The van der Waals surface area contributed by atoms with E-state index in [1.165, 1.54) is 11.1 Å². The second-order valence-corrected chi connectivity index (χ2v) is 13.6. The molecule has 2 aromatic rings. The Labute approximate surface area is 141 Å². The molecule has 0 saturated carbocycles. The summed E-state index contributed by atoms with van der Waals surface area (Å²) in [7, 11) is -4.67. The van der Waals surface area contributed by atoms with Crippen LogP contribution in [-0.2, 0) is 4.12 Å². The first-order valence-electron chi connectivity index (χ1n) is 7.87. The third kappa shape index (κ3) is 5.86. The van der Waals surface area contributed by atoms with Crippen molar-refractivity contribution in [2.24, 2.45) is 0 Å². The normalized spacial score (nSPS) is 12.1. The molecule has 0 unspecified atom stereocenters. The molecule has 124 valence electrons. The predicted octanol–water partition coefficient (Wildman–Crippen LogP) is 5.18. The fourth-order valence-corrected chi connectivity index (χ4v) is 9.02. The zero-order chi connectivity index (χ0) is 17.1. The molecule has 0 aliphatic heterocycles. The molecule has 0 fully saturated rings. The van der Waals surface area contributed by atoms with Crippen molar-refractivity contribution in [1.29, 1.82) is 0 Å². The number of benzene rings is 2. The summed E-state index contributed by atoms with van der Waals surface area (Å²) in [5.41, 5.74) is 2.36. The largest absolute Gasteiger partial charge is 0.521 e. The van der Waals surface area contributed by atoms with Crippen LogP contribution >= 0.6 is 0 Å². The van der Waals surface area contributed by atoms with Crippen molar-refractivity contribution in [3.8, 4) is 11.5 Å². The van der Waals surface area contributed by atoms with E-state index in [-0.39, 0.29) is 0 Å². The van der Waals surface area contributed by atoms with E-state index in [4.69, 9.17) is 13.0 Å². The van der Waals surface area contributed by atoms with Crippen molar-refractivity contribution >= 4 is 17.1 Å². The van der Waals surface area contributed by atoms with Crippen LogP contribution in [0.2, 0.25) is 26.2 Å². The Morgan fingerprint density at radius 3 is 1.39 bits per heavy atom. The van der Waals surface area contributed by atoms with Gasteiger partial charge in [-0.15, -0.1) is 0 Å². The Morgan fingerprint density at radius 2 is 1.04 bits per heavy atom. The molecular formula is C18H26O3Si2. The Bertz CT molecular complexity index is 611. The Morgan fingerprint density at radius 1 is 0.652 bits per heavy atom. The van der Waals surface area contributed by atoms with Gasteiger partial charge in [0.25, 0.3) is 0 Å². The number of hydrogen-bond acceptors (Lipinski definition) is 3. The molecule has 0 aliphatic carbocycles. The number of rotatable bonds is 6. The van der Waals surface area contributed by atoms with E-state index in [9.17, 15) is 0 Å². The smallest absolute Gasteiger partial charge is 0.384 e. The summed E-state index contributed by atoms with van der Waals surface area (Å²) in [6.07, 6.45) is 0. The highest BCUT2D eigenvalue weighted by atomic mass is 28.5. The van der Waals surface area contributed by atoms with E-state index in [2.05, 4.69) is 52.2 Å². The van der Waals surface area contributed by atoms with E-state index in [0.717, 1.165) is 11.5 Å². The summed E-state index contributed by atoms with van der Waals surface area (Å²) in [4.78, 5) is 0. The van der Waals surface area contributed by atoms with Gasteiger partial charge in [-0.2, -0.15) is 0 Å². The van der Waals surface area contributed by atoms with Gasteiger partial charge in [-0.1, -0.05) is 24.3 Å². The van der Waals surface area contributed by atoms with Crippen LogP contribution in [0.5, 0.6) is 11.5 Å². The molecule has 0 amide bonds. The maximum absolute atomic E-state index is 6.35. The van der Waals surface area contributed by atoms with E-state index >= 15 is 0 Å². The molecule has 2 aromatic carbocycles. The van der Waals surface area contributed by atoms with Crippen LogP contribution in [0, 0.1) is 13.8 Å². The molecule has 0 aromatic heterocycles. The lowest BCUT2D eigenvalue weighted by Crippen LogP contribution is -2.52. The van der Waals surface area contributed by atoms with E-state index < -0.39 is 17.1 Å². The Hall–Kier alpha value is -1.57. The minimum atomic E-state index is -2.33. The molecule has 0 aliphatic rings. The minimum absolute atomic E-state index is 0.863. The van der Waals surface area contributed by atoms with Crippen LogP contribution in [0.1, 0.15) is 11.1 Å². The fraction of sp³-hybridized carbons (Fsp3) is 0.333. The average Bonchev–Trinajstić information content (AvgIpc) is 2.35. The average molecular weight is 347 g/mol. The molecule has 0 atom stereocenters. The summed E-state index contributed by atoms with van der Waals surface area (Å²) >= 11 is 0. The van der Waals surface area contributed by atoms with Crippen molar-refractivity contribution in [3.63, 3.8) is 0 Å². The van der Waals surface area contributed by atoms with E-state index in [1.54, 1.807) is 0 Å². The van der Waals surface area contributed by atoms with Gasteiger partial charge in [0.05, 0.1) is 0 Å². The molecule has 0 N–H and O–H groups in total. The summed E-state index contributed by atoms with van der Waals surface area (Å²) in [5.74, 6) is 1.73. The monoisotopic (exact) mass is 346 g/mol. The molecule has 0 saturated heterocycles. The number of hydrogen-bond donors (Lipinski definition) is 0. The molecule has 0 spiro atoms. The highest BCUT2D eigenvalue weighted by molar-refractivity contribution is 6.79. The summed E-state index contributed by atoms with van der Waals surface area (Å²) < 4.78 is 18.6. The van der Waals surface area contributed by atoms with Crippen molar-refractivity contribution in [1.82, 2.24) is 0 Å². The first-order valence-corrected chi connectivity index (χ1v) is 13.5. The van der Waals surface area contributed by atoms with Crippen LogP contribution in [0.25, 0.3) is 0 Å². The third-order valence-corrected chi connectivity index (χ3v) is 8.59. The van der Waals surface area contributed by atoms with Crippen LogP contribution in [0.3, 0.4) is 0 Å². The molecule has 2 rings (SSSR count). The lowest BCUT2D eigenvalue weighted by Gasteiger charge is -2.33. The molecular weight excluding hydrogens is 320 g/mol. The van der Waals surface area contributed by atoms with Gasteiger partial charge in [-0.05, 0) is 75.4 Å². The highest BCUT2D eigenvalue weighted by Gasteiger charge is 2.39. The maximum Gasteiger partial charge on any atom is 0.384 e. The van der Waals surface area contributed by atoms with Crippen LogP contribution in [0.4, 0.5) is 0 Å². The Balaban J connectivity index is 2.05. The quantitative estimate of drug-likeness (QED) is 0.674. The van der Waals surface area contributed by atoms with Gasteiger partial charge in [0.1, 0.15) is 11.5 Å². The zero-order valence-electron chi connectivity index (χ0n) is 14.8. The van der Waals surface area contributed by atoms with Gasteiger partial charge in [0, 0.05) is 0 Å². The van der Waals surface area contributed by atoms with Gasteiger partial charge < -0.3 is 13.0 Å². The van der Waals surface area contributed by atoms with E-state index in [0.29, 0.717) is 0 Å². The lowest BCUT2D eigenvalue weighted by atomic mass is 10.2. The Kier molecular flexibility index (Phi) is 5.34. The minimum Gasteiger partial charge on any atom is -0.521 e. The molecule has 0 bridgehead atoms. The molecule has 0 radical (unpaired) electrons. The van der Waals surface area contributed by atoms with Gasteiger partial charge in [0.15, 0.2) is 0 Å². The topological polar surface area (TPSA) is 27.7 Å². The molecule has 23 heavy (non-hydrogen) atoms. The van der Waals surface area contributed by atoms with Crippen molar-refractivity contribution in [2.45, 2.75) is 40.0 Å². The first kappa shape index (κ1) is 17.8. The summed E-state index contributed by atoms with van der Waals surface area (Å²) in [6, 6.07) is 16.1. The summed E-state index contributed by atoms with van der Waals surface area (Å²) in [5, 5.41) is 0. The van der Waals surface area contributed by atoms with Crippen molar-refractivity contribution in [2.75, 3.05) is 0 Å². The molecule has 5 heteroatoms. The van der Waals surface area contributed by atoms with Gasteiger partial charge in [0.2, 0.25) is 0 Å². The molecule has 0 heterocycles. The number of aryl methyl sites for hydroxylation is 2. The zero-order valence-corrected chi connectivity index (χ0v) is 16.8. The first-order chi connectivity index (χ1) is 10.7. The van der Waals surface area contributed by atoms with Crippen LogP contribution in [0.15, 0.2) is 48.5 Å². The van der Waals surface area contributed by atoms with Gasteiger partial charge in [-0.3, -0.25) is 0 Å². The highest BCUT2D eigenvalue weighted by Crippen LogP contribution is 2.24. The van der Waals surface area contributed by atoms with Crippen molar-refractivity contribution in [3.05, 3.63) is 59.7 Å². The van der Waals surface area contributed by atoms with Gasteiger partial charge >= 0.3 is 17.1 Å². The SMILES string of the molecule is Cc1cccc(O[Si](C)(C)O[Si](C)(C)Oc2cccc(C)c2)c1. The standard InChI is InChI=1S/C18H26O3Si2/c1-15-9-7-11-17(13-15)19-22(3,4)21-23(5,6)20-18-12-8-10-16(2)14-18/h7-14H,1-6H3. The second kappa shape index (κ2) is 6.90. The molecule has 3 nitrogen and oxygen atoms in total. The van der Waals surface area contributed by atoms with Crippen LogP contribution < -0.4 is 8.85 Å². The van der Waals surface area contributed by atoms with Gasteiger partial charge in [-0.25, -0.2) is 0 Å². The predicted molar refractivity (Wildman–Crippen MR) is 99.7 cm³/mol. The van der Waals surface area contributed by atoms with E-state index in [1.807, 2.05) is 36.4 Å². The van der Waals surface area contributed by atoms with Crippen molar-refractivity contribution < 1.29 is 13.0 Å². The fourth-order valence-electron chi connectivity index (χ4n) is 2.56.